The number of fused-ring (bicyclic) bond motifs is 1. The van der Waals surface area contributed by atoms with Crippen LogP contribution in [0.3, 0.4) is 0 Å². The Morgan fingerprint density at radius 3 is 1.80 bits per heavy atom. The first-order chi connectivity index (χ1) is 14.5. The normalized spacial score (nSPS) is 12.0. The maximum Gasteiger partial charge on any atom is 0.189 e. The SMILES string of the molecule is C[NH+](C)CCC[NH+](CCC[NH+](C)C)Cn1c(=S)n(-c2ccccc2)c2ccccc21. The van der Waals surface area contributed by atoms with Crippen molar-refractivity contribution in [1.29, 1.82) is 0 Å². The Labute approximate surface area is 186 Å². The molecule has 0 atom stereocenters. The molecule has 3 rings (SSSR count). The summed E-state index contributed by atoms with van der Waals surface area (Å²) >= 11 is 6.01. The van der Waals surface area contributed by atoms with Crippen LogP contribution < -0.4 is 14.7 Å². The van der Waals surface area contributed by atoms with Crippen molar-refractivity contribution in [2.24, 2.45) is 0 Å². The van der Waals surface area contributed by atoms with E-state index < -0.39 is 0 Å². The molecule has 0 fully saturated rings. The van der Waals surface area contributed by atoms with E-state index in [1.54, 1.807) is 4.90 Å². The number of imidazole rings is 1. The number of benzene rings is 2. The van der Waals surface area contributed by atoms with Crippen molar-refractivity contribution in [3.63, 3.8) is 0 Å². The molecule has 162 valence electrons. The number of nitrogens with one attached hydrogen (secondary N) is 3. The summed E-state index contributed by atoms with van der Waals surface area (Å²) in [5, 5.41) is 0. The van der Waals surface area contributed by atoms with Gasteiger partial charge in [0.1, 0.15) is 0 Å². The maximum absolute atomic E-state index is 6.01. The van der Waals surface area contributed by atoms with Gasteiger partial charge in [-0.2, -0.15) is 0 Å². The lowest BCUT2D eigenvalue weighted by molar-refractivity contribution is -0.932. The summed E-state index contributed by atoms with van der Waals surface area (Å²) in [6.45, 7) is 5.70. The van der Waals surface area contributed by atoms with Crippen LogP contribution in [0.1, 0.15) is 12.8 Å². The number of hydrogen-bond acceptors (Lipinski definition) is 1. The third-order valence-electron chi connectivity index (χ3n) is 5.65. The third-order valence-corrected chi connectivity index (χ3v) is 6.05. The van der Waals surface area contributed by atoms with Crippen molar-refractivity contribution in [3.05, 3.63) is 59.4 Å². The van der Waals surface area contributed by atoms with E-state index in [2.05, 4.69) is 91.9 Å². The number of quaternary nitrogens is 3. The summed E-state index contributed by atoms with van der Waals surface area (Å²) in [5.41, 5.74) is 3.54. The van der Waals surface area contributed by atoms with Gasteiger partial charge in [0, 0.05) is 18.5 Å². The standard InChI is InChI=1S/C24H35N5S/c1-25(2)16-10-18-27(19-11-17-26(3)4)20-28-22-14-8-9-15-23(22)29(24(28)30)21-12-6-5-7-13-21/h5-9,12-15H,10-11,16-20H2,1-4H3/p+3. The van der Waals surface area contributed by atoms with Gasteiger partial charge in [0.25, 0.3) is 0 Å². The molecule has 0 saturated heterocycles. The van der Waals surface area contributed by atoms with E-state index in [1.807, 2.05) is 0 Å². The molecule has 2 aromatic carbocycles. The molecular weight excluding hydrogens is 390 g/mol. The van der Waals surface area contributed by atoms with Crippen LogP contribution in [0.4, 0.5) is 0 Å². The summed E-state index contributed by atoms with van der Waals surface area (Å²) in [7, 11) is 8.94. The molecule has 0 aliphatic carbocycles. The van der Waals surface area contributed by atoms with Crippen molar-refractivity contribution < 1.29 is 14.7 Å². The minimum Gasteiger partial charge on any atom is -0.340 e. The molecule has 0 radical (unpaired) electrons. The zero-order chi connectivity index (χ0) is 21.5. The Kier molecular flexibility index (Phi) is 8.22. The molecule has 0 aliphatic rings. The van der Waals surface area contributed by atoms with E-state index in [0.29, 0.717) is 0 Å². The first-order valence-electron chi connectivity index (χ1n) is 11.1. The van der Waals surface area contributed by atoms with Crippen molar-refractivity contribution in [3.8, 4) is 5.69 Å². The van der Waals surface area contributed by atoms with E-state index in [4.69, 9.17) is 12.2 Å². The molecule has 0 amide bonds. The fourth-order valence-electron chi connectivity index (χ4n) is 4.08. The summed E-state index contributed by atoms with van der Waals surface area (Å²) in [6.07, 6.45) is 2.47. The number of rotatable bonds is 11. The molecule has 3 aromatic rings. The number of nitrogens with zero attached hydrogens (tertiary/aromatic N) is 2. The number of hydrogen-bond donors (Lipinski definition) is 3. The van der Waals surface area contributed by atoms with Crippen molar-refractivity contribution in [1.82, 2.24) is 9.13 Å². The summed E-state index contributed by atoms with van der Waals surface area (Å²) in [6, 6.07) is 19.1. The number of aromatic nitrogens is 2. The smallest absolute Gasteiger partial charge is 0.189 e. The monoisotopic (exact) mass is 428 g/mol. The van der Waals surface area contributed by atoms with Gasteiger partial charge in [-0.1, -0.05) is 30.3 Å². The summed E-state index contributed by atoms with van der Waals surface area (Å²) in [5.74, 6) is 0. The molecule has 30 heavy (non-hydrogen) atoms. The highest BCUT2D eigenvalue weighted by atomic mass is 32.1. The van der Waals surface area contributed by atoms with E-state index >= 15 is 0 Å². The van der Waals surface area contributed by atoms with E-state index in [0.717, 1.165) is 17.1 Å². The highest BCUT2D eigenvalue weighted by Crippen LogP contribution is 2.21. The Balaban J connectivity index is 1.90. The topological polar surface area (TPSA) is 23.2 Å². The second kappa shape index (κ2) is 10.9. The molecule has 6 heteroatoms. The molecule has 1 heterocycles. The van der Waals surface area contributed by atoms with Crippen molar-refractivity contribution >= 4 is 23.3 Å². The van der Waals surface area contributed by atoms with Crippen molar-refractivity contribution in [2.75, 3.05) is 54.4 Å². The van der Waals surface area contributed by atoms with Gasteiger partial charge in [0.2, 0.25) is 0 Å². The van der Waals surface area contributed by atoms with Gasteiger partial charge in [-0.3, -0.25) is 9.13 Å². The highest BCUT2D eigenvalue weighted by Gasteiger charge is 2.17. The number of para-hydroxylation sites is 3. The molecular formula is C24H38N5S+3. The quantitative estimate of drug-likeness (QED) is 0.370. The van der Waals surface area contributed by atoms with E-state index in [9.17, 15) is 0 Å². The largest absolute Gasteiger partial charge is 0.340 e. The predicted molar refractivity (Wildman–Crippen MR) is 127 cm³/mol. The second-order valence-electron chi connectivity index (χ2n) is 8.90. The average Bonchev–Trinajstić information content (AvgIpc) is 2.99. The first kappa shape index (κ1) is 22.7. The third kappa shape index (κ3) is 5.79. The predicted octanol–water partition coefficient (Wildman–Crippen LogP) is 0.0731. The summed E-state index contributed by atoms with van der Waals surface area (Å²) < 4.78 is 5.45. The van der Waals surface area contributed by atoms with Gasteiger partial charge in [-0.05, 0) is 36.5 Å². The fourth-order valence-corrected chi connectivity index (χ4v) is 4.44. The second-order valence-corrected chi connectivity index (χ2v) is 9.26. The Morgan fingerprint density at radius 1 is 0.700 bits per heavy atom. The van der Waals surface area contributed by atoms with Crippen molar-refractivity contribution in [2.45, 2.75) is 19.5 Å². The Hall–Kier alpha value is -1.99. The molecule has 0 bridgehead atoms. The van der Waals surface area contributed by atoms with Crippen LogP contribution in [-0.4, -0.2) is 63.5 Å². The molecule has 3 N–H and O–H groups in total. The van der Waals surface area contributed by atoms with Gasteiger partial charge in [0.05, 0.1) is 65.4 Å². The lowest BCUT2D eigenvalue weighted by Crippen LogP contribution is -3.13. The zero-order valence-electron chi connectivity index (χ0n) is 18.9. The van der Waals surface area contributed by atoms with Crippen LogP contribution in [0.2, 0.25) is 0 Å². The van der Waals surface area contributed by atoms with Gasteiger partial charge in [-0.25, -0.2) is 0 Å². The van der Waals surface area contributed by atoms with Crippen LogP contribution in [0.25, 0.3) is 16.7 Å². The van der Waals surface area contributed by atoms with Crippen LogP contribution >= 0.6 is 12.2 Å². The minimum atomic E-state index is 0.886. The Bertz CT molecular complexity index is 960. The minimum absolute atomic E-state index is 0.886. The molecule has 0 saturated carbocycles. The average molecular weight is 429 g/mol. The van der Waals surface area contributed by atoms with Gasteiger partial charge in [-0.15, -0.1) is 0 Å². The lowest BCUT2D eigenvalue weighted by Gasteiger charge is -2.21. The first-order valence-corrected chi connectivity index (χ1v) is 11.6. The fraction of sp³-hybridized carbons (Fsp3) is 0.458. The molecule has 5 nitrogen and oxygen atoms in total. The van der Waals surface area contributed by atoms with Gasteiger partial charge in [0.15, 0.2) is 11.4 Å². The van der Waals surface area contributed by atoms with E-state index in [1.165, 1.54) is 59.9 Å². The Morgan fingerprint density at radius 2 is 1.23 bits per heavy atom. The van der Waals surface area contributed by atoms with Crippen LogP contribution in [-0.2, 0) is 6.67 Å². The molecule has 0 unspecified atom stereocenters. The highest BCUT2D eigenvalue weighted by molar-refractivity contribution is 7.71. The van der Waals surface area contributed by atoms with Gasteiger partial charge >= 0.3 is 0 Å². The van der Waals surface area contributed by atoms with Crippen LogP contribution in [0, 0.1) is 4.77 Å². The van der Waals surface area contributed by atoms with Crippen LogP contribution in [0.15, 0.2) is 54.6 Å². The summed E-state index contributed by atoms with van der Waals surface area (Å²) in [4.78, 5) is 4.65. The van der Waals surface area contributed by atoms with Gasteiger partial charge < -0.3 is 14.7 Å². The molecule has 0 spiro atoms. The van der Waals surface area contributed by atoms with E-state index in [-0.39, 0.29) is 0 Å². The molecule has 1 aromatic heterocycles. The molecule has 0 aliphatic heterocycles. The zero-order valence-corrected chi connectivity index (χ0v) is 19.8. The lowest BCUT2D eigenvalue weighted by atomic mass is 10.3. The maximum atomic E-state index is 6.01. The van der Waals surface area contributed by atoms with Crippen LogP contribution in [0.5, 0.6) is 0 Å².